The average Bonchev–Trinajstić information content (AvgIpc) is 2.99. The predicted octanol–water partition coefficient (Wildman–Crippen LogP) is 1.43. The number of aryl methyl sites for hydroxylation is 1. The summed E-state index contributed by atoms with van der Waals surface area (Å²) >= 11 is 1.80. The predicted molar refractivity (Wildman–Crippen MR) is 87.8 cm³/mol. The van der Waals surface area contributed by atoms with Gasteiger partial charge in [-0.2, -0.15) is 16.1 Å². The molecule has 1 aromatic rings. The standard InChI is InChI=1S/C15H20N2O2S2/c1-12-5-6-13(4-3-8-16)10-15(12)21(18,19)17(2)14-7-9-20-11-14/h5-6,10,14H,7-9,11,16H2,1-2H3. The van der Waals surface area contributed by atoms with Crippen LogP contribution >= 0.6 is 11.8 Å². The fraction of sp³-hybridized carbons (Fsp3) is 0.467. The summed E-state index contributed by atoms with van der Waals surface area (Å²) in [7, 11) is -1.81. The van der Waals surface area contributed by atoms with Crippen LogP contribution in [0.2, 0.25) is 0 Å². The van der Waals surface area contributed by atoms with Crippen LogP contribution in [0.3, 0.4) is 0 Å². The maximum atomic E-state index is 12.8. The Balaban J connectivity index is 2.38. The summed E-state index contributed by atoms with van der Waals surface area (Å²) in [6.45, 7) is 2.07. The molecule has 0 amide bonds. The number of benzene rings is 1. The van der Waals surface area contributed by atoms with Crippen molar-refractivity contribution in [3.8, 4) is 11.8 Å². The van der Waals surface area contributed by atoms with E-state index in [0.29, 0.717) is 10.5 Å². The Morgan fingerprint density at radius 3 is 2.86 bits per heavy atom. The summed E-state index contributed by atoms with van der Waals surface area (Å²) in [5, 5.41) is 0. The molecule has 1 fully saturated rings. The van der Waals surface area contributed by atoms with Gasteiger partial charge in [0.15, 0.2) is 0 Å². The first-order valence-corrected chi connectivity index (χ1v) is 9.41. The van der Waals surface area contributed by atoms with E-state index in [2.05, 4.69) is 11.8 Å². The largest absolute Gasteiger partial charge is 0.320 e. The number of nitrogens with zero attached hydrogens (tertiary/aromatic N) is 1. The minimum absolute atomic E-state index is 0.0817. The molecule has 1 aliphatic rings. The summed E-state index contributed by atoms with van der Waals surface area (Å²) in [4.78, 5) is 0.339. The fourth-order valence-electron chi connectivity index (χ4n) is 2.27. The average molecular weight is 324 g/mol. The third-order valence-electron chi connectivity index (χ3n) is 3.60. The summed E-state index contributed by atoms with van der Waals surface area (Å²) < 4.78 is 27.1. The van der Waals surface area contributed by atoms with Crippen molar-refractivity contribution < 1.29 is 8.42 Å². The first-order chi connectivity index (χ1) is 9.96. The number of nitrogens with two attached hydrogens (primary N) is 1. The Bertz CT molecular complexity index is 669. The maximum absolute atomic E-state index is 12.8. The fourth-order valence-corrected chi connectivity index (χ4v) is 5.26. The van der Waals surface area contributed by atoms with Gasteiger partial charge >= 0.3 is 0 Å². The molecule has 1 unspecified atom stereocenters. The molecular weight excluding hydrogens is 304 g/mol. The zero-order valence-electron chi connectivity index (χ0n) is 12.3. The Labute approximate surface area is 131 Å². The molecule has 0 aliphatic carbocycles. The lowest BCUT2D eigenvalue weighted by Crippen LogP contribution is -2.37. The van der Waals surface area contributed by atoms with Crippen molar-refractivity contribution in [3.05, 3.63) is 29.3 Å². The number of sulfonamides is 1. The first-order valence-electron chi connectivity index (χ1n) is 6.82. The smallest absolute Gasteiger partial charge is 0.243 e. The minimum atomic E-state index is -3.48. The number of rotatable bonds is 3. The maximum Gasteiger partial charge on any atom is 0.243 e. The molecule has 1 heterocycles. The van der Waals surface area contributed by atoms with Crippen molar-refractivity contribution in [1.29, 1.82) is 0 Å². The summed E-state index contributed by atoms with van der Waals surface area (Å²) in [5.74, 6) is 7.53. The van der Waals surface area contributed by atoms with Crippen LogP contribution in [0.4, 0.5) is 0 Å². The molecule has 2 rings (SSSR count). The Kier molecular flexibility index (Phi) is 5.33. The van der Waals surface area contributed by atoms with Gasteiger partial charge in [0, 0.05) is 24.4 Å². The highest BCUT2D eigenvalue weighted by Crippen LogP contribution is 2.27. The monoisotopic (exact) mass is 324 g/mol. The Morgan fingerprint density at radius 1 is 1.48 bits per heavy atom. The van der Waals surface area contributed by atoms with Gasteiger partial charge in [0.1, 0.15) is 0 Å². The molecule has 1 atom stereocenters. The minimum Gasteiger partial charge on any atom is -0.320 e. The topological polar surface area (TPSA) is 63.4 Å². The van der Waals surface area contributed by atoms with Crippen LogP contribution in [0, 0.1) is 18.8 Å². The molecule has 0 bridgehead atoms. The van der Waals surface area contributed by atoms with Crippen molar-refractivity contribution >= 4 is 21.8 Å². The zero-order chi connectivity index (χ0) is 15.5. The van der Waals surface area contributed by atoms with E-state index in [9.17, 15) is 8.42 Å². The third-order valence-corrected chi connectivity index (χ3v) is 6.80. The van der Waals surface area contributed by atoms with Crippen molar-refractivity contribution in [2.24, 2.45) is 5.73 Å². The highest BCUT2D eigenvalue weighted by Gasteiger charge is 2.31. The van der Waals surface area contributed by atoms with Gasteiger partial charge in [-0.3, -0.25) is 0 Å². The number of thioether (sulfide) groups is 1. The molecule has 0 radical (unpaired) electrons. The third kappa shape index (κ3) is 3.61. The van der Waals surface area contributed by atoms with E-state index < -0.39 is 10.0 Å². The lowest BCUT2D eigenvalue weighted by Gasteiger charge is -2.24. The van der Waals surface area contributed by atoms with Gasteiger partial charge in [-0.1, -0.05) is 17.9 Å². The van der Waals surface area contributed by atoms with Crippen LogP contribution in [-0.2, 0) is 10.0 Å². The normalized spacial score (nSPS) is 18.6. The van der Waals surface area contributed by atoms with E-state index in [-0.39, 0.29) is 12.6 Å². The van der Waals surface area contributed by atoms with Gasteiger partial charge in [0.05, 0.1) is 11.4 Å². The lowest BCUT2D eigenvalue weighted by molar-refractivity contribution is 0.394. The molecule has 0 spiro atoms. The molecule has 21 heavy (non-hydrogen) atoms. The van der Waals surface area contributed by atoms with Crippen LogP contribution in [0.5, 0.6) is 0 Å². The summed E-state index contributed by atoms with van der Waals surface area (Å²) in [6.07, 6.45) is 0.909. The van der Waals surface area contributed by atoms with Gasteiger partial charge in [-0.25, -0.2) is 8.42 Å². The van der Waals surface area contributed by atoms with E-state index in [0.717, 1.165) is 23.5 Å². The van der Waals surface area contributed by atoms with Gasteiger partial charge < -0.3 is 5.73 Å². The Morgan fingerprint density at radius 2 is 2.24 bits per heavy atom. The molecule has 4 nitrogen and oxygen atoms in total. The molecule has 6 heteroatoms. The second-order valence-corrected chi connectivity index (χ2v) is 8.14. The second kappa shape index (κ2) is 6.84. The zero-order valence-corrected chi connectivity index (χ0v) is 13.9. The quantitative estimate of drug-likeness (QED) is 0.855. The van der Waals surface area contributed by atoms with Crippen molar-refractivity contribution in [2.75, 3.05) is 25.1 Å². The van der Waals surface area contributed by atoms with Crippen LogP contribution in [0.15, 0.2) is 23.1 Å². The van der Waals surface area contributed by atoms with Crippen LogP contribution in [-0.4, -0.2) is 43.9 Å². The van der Waals surface area contributed by atoms with Gasteiger partial charge in [-0.05, 0) is 36.8 Å². The molecule has 0 aromatic heterocycles. The van der Waals surface area contributed by atoms with Crippen molar-refractivity contribution in [3.63, 3.8) is 0 Å². The number of hydrogen-bond acceptors (Lipinski definition) is 4. The highest BCUT2D eigenvalue weighted by molar-refractivity contribution is 7.99. The Hall–Kier alpha value is -1.000. The molecule has 1 saturated heterocycles. The summed E-state index contributed by atoms with van der Waals surface area (Å²) in [5.41, 5.74) is 6.78. The molecule has 1 aliphatic heterocycles. The van der Waals surface area contributed by atoms with Crippen molar-refractivity contribution in [2.45, 2.75) is 24.3 Å². The molecule has 2 N–H and O–H groups in total. The van der Waals surface area contributed by atoms with E-state index in [1.54, 1.807) is 30.9 Å². The van der Waals surface area contributed by atoms with Gasteiger partial charge in [0.2, 0.25) is 10.0 Å². The van der Waals surface area contributed by atoms with E-state index in [1.807, 2.05) is 13.0 Å². The second-order valence-electron chi connectivity index (χ2n) is 5.02. The molecular formula is C15H20N2O2S2. The van der Waals surface area contributed by atoms with Crippen LogP contribution < -0.4 is 5.73 Å². The van der Waals surface area contributed by atoms with Gasteiger partial charge in [-0.15, -0.1) is 0 Å². The molecule has 0 saturated carbocycles. The van der Waals surface area contributed by atoms with Gasteiger partial charge in [0.25, 0.3) is 0 Å². The van der Waals surface area contributed by atoms with E-state index >= 15 is 0 Å². The highest BCUT2D eigenvalue weighted by atomic mass is 32.2. The molecule has 114 valence electrons. The van der Waals surface area contributed by atoms with E-state index in [1.165, 1.54) is 4.31 Å². The lowest BCUT2D eigenvalue weighted by atomic mass is 10.1. The number of hydrogen-bond donors (Lipinski definition) is 1. The molecule has 1 aromatic carbocycles. The van der Waals surface area contributed by atoms with Crippen molar-refractivity contribution in [1.82, 2.24) is 4.31 Å². The van der Waals surface area contributed by atoms with E-state index in [4.69, 9.17) is 5.73 Å². The van der Waals surface area contributed by atoms with Crippen LogP contribution in [0.1, 0.15) is 17.5 Å². The summed E-state index contributed by atoms with van der Waals surface area (Å²) in [6, 6.07) is 5.34. The van der Waals surface area contributed by atoms with Crippen LogP contribution in [0.25, 0.3) is 0 Å². The SMILES string of the molecule is Cc1ccc(C#CCN)cc1S(=O)(=O)N(C)C1CCSC1. The first kappa shape index (κ1) is 16.4.